The van der Waals surface area contributed by atoms with Crippen molar-refractivity contribution in [1.82, 2.24) is 0 Å². The zero-order valence-electron chi connectivity index (χ0n) is 17.2. The summed E-state index contributed by atoms with van der Waals surface area (Å²) >= 11 is 0. The third-order valence-corrected chi connectivity index (χ3v) is 8.83. The van der Waals surface area contributed by atoms with Crippen molar-refractivity contribution in [2.24, 2.45) is 34.3 Å². The van der Waals surface area contributed by atoms with E-state index in [1.165, 1.54) is 12.2 Å². The number of fused-ring (bicyclic) bond motifs is 5. The van der Waals surface area contributed by atoms with Crippen LogP contribution in [0.15, 0.2) is 23.8 Å². The van der Waals surface area contributed by atoms with E-state index in [-0.39, 0.29) is 43.0 Å². The maximum absolute atomic E-state index is 16.9. The lowest BCUT2D eigenvalue weighted by Crippen LogP contribution is -2.69. The molecule has 0 saturated heterocycles. The normalized spacial score (nSPS) is 50.7. The van der Waals surface area contributed by atoms with Crippen LogP contribution in [0.4, 0.5) is 4.39 Å². The van der Waals surface area contributed by atoms with Crippen molar-refractivity contribution in [2.75, 3.05) is 6.54 Å². The van der Waals surface area contributed by atoms with Crippen molar-refractivity contribution in [3.63, 3.8) is 0 Å². The number of aliphatic hydroxyl groups is 2. The molecule has 0 spiro atoms. The molecule has 3 fully saturated rings. The average molecular weight is 428 g/mol. The Bertz CT molecular complexity index is 815. The van der Waals surface area contributed by atoms with Crippen molar-refractivity contribution in [1.29, 1.82) is 0 Å². The summed E-state index contributed by atoms with van der Waals surface area (Å²) < 4.78 is 16.9. The molecule has 4 aliphatic carbocycles. The minimum absolute atomic E-state index is 0. The molecular weight excluding hydrogens is 397 g/mol. The number of Topliss-reactive ketones (excluding diaryl/α,β-unsaturated/α-hetero) is 1. The van der Waals surface area contributed by atoms with E-state index in [1.807, 2.05) is 13.8 Å². The van der Waals surface area contributed by atoms with Crippen molar-refractivity contribution >= 4 is 24.0 Å². The fourth-order valence-corrected chi connectivity index (χ4v) is 7.30. The predicted molar refractivity (Wildman–Crippen MR) is 109 cm³/mol. The summed E-state index contributed by atoms with van der Waals surface area (Å²) in [5, 5.41) is 22.6. The van der Waals surface area contributed by atoms with Gasteiger partial charge in [-0.1, -0.05) is 25.5 Å². The number of hydrogen-bond donors (Lipinski definition) is 3. The lowest BCUT2D eigenvalue weighted by Gasteiger charge is -2.62. The van der Waals surface area contributed by atoms with Crippen molar-refractivity contribution in [3.05, 3.63) is 23.8 Å². The minimum atomic E-state index is -1.95. The molecular formula is C22H31ClFNO4. The number of halogens is 2. The smallest absolute Gasteiger partial charge is 0.178 e. The van der Waals surface area contributed by atoms with Crippen LogP contribution in [-0.2, 0) is 9.59 Å². The average Bonchev–Trinajstić information content (AvgIpc) is 2.84. The van der Waals surface area contributed by atoms with Crippen LogP contribution >= 0.6 is 12.4 Å². The lowest BCUT2D eigenvalue weighted by molar-refractivity contribution is -0.218. The van der Waals surface area contributed by atoms with Crippen molar-refractivity contribution in [3.8, 4) is 0 Å². The number of carbonyl (C=O) groups excluding carboxylic acids is 2. The van der Waals surface area contributed by atoms with Gasteiger partial charge >= 0.3 is 0 Å². The fraction of sp³-hybridized carbons (Fsp3) is 0.727. The predicted octanol–water partition coefficient (Wildman–Crippen LogP) is 2.28. The summed E-state index contributed by atoms with van der Waals surface area (Å²) in [6.45, 7) is 5.11. The van der Waals surface area contributed by atoms with Crippen LogP contribution in [0.5, 0.6) is 0 Å². The number of rotatable bonds is 2. The number of hydrogen-bond acceptors (Lipinski definition) is 5. The highest BCUT2D eigenvalue weighted by molar-refractivity contribution is 6.01. The number of ketones is 2. The van der Waals surface area contributed by atoms with E-state index in [4.69, 9.17) is 5.73 Å². The number of nitrogens with two attached hydrogens (primary N) is 1. The van der Waals surface area contributed by atoms with Crippen LogP contribution in [0.2, 0.25) is 0 Å². The monoisotopic (exact) mass is 427 g/mol. The zero-order chi connectivity index (χ0) is 20.7. The highest BCUT2D eigenvalue weighted by Crippen LogP contribution is 2.70. The Kier molecular flexibility index (Phi) is 5.23. The molecule has 1 unspecified atom stereocenters. The maximum Gasteiger partial charge on any atom is 0.178 e. The molecule has 0 aromatic rings. The Morgan fingerprint density at radius 2 is 2.00 bits per heavy atom. The van der Waals surface area contributed by atoms with E-state index in [0.717, 1.165) is 5.57 Å². The number of allylic oxidation sites excluding steroid dienone is 4. The first-order valence-corrected chi connectivity index (χ1v) is 10.2. The number of aliphatic hydroxyl groups excluding tert-OH is 1. The van der Waals surface area contributed by atoms with E-state index in [1.54, 1.807) is 13.0 Å². The van der Waals surface area contributed by atoms with Crippen LogP contribution < -0.4 is 5.73 Å². The van der Waals surface area contributed by atoms with E-state index in [9.17, 15) is 19.8 Å². The van der Waals surface area contributed by atoms with Gasteiger partial charge in [0.05, 0.1) is 12.6 Å². The largest absolute Gasteiger partial charge is 0.390 e. The summed E-state index contributed by atoms with van der Waals surface area (Å²) in [5.74, 6) is -1.71. The fourth-order valence-electron chi connectivity index (χ4n) is 7.30. The summed E-state index contributed by atoms with van der Waals surface area (Å²) in [4.78, 5) is 24.5. The SMILES string of the molecule is C[C@@H]1C[C@H]2[C@@H]3CCC4=CC(=O)C=CC4(C)[C@@]3(F)[C@@H](O)C[C@]2(C)[C@@]1(O)C(=O)CN.Cl. The lowest BCUT2D eigenvalue weighted by atomic mass is 9.44. The van der Waals surface area contributed by atoms with Crippen molar-refractivity contribution in [2.45, 2.75) is 63.8 Å². The van der Waals surface area contributed by atoms with Crippen LogP contribution in [0.1, 0.15) is 46.5 Å². The molecule has 8 atom stereocenters. The Labute approximate surface area is 177 Å². The second-order valence-corrected chi connectivity index (χ2v) is 9.80. The van der Waals surface area contributed by atoms with E-state index < -0.39 is 39.9 Å². The molecule has 162 valence electrons. The molecule has 0 heterocycles. The standard InChI is InChI=1S/C22H30FNO4.ClH/c1-12-8-16-15-5-4-13-9-14(25)6-7-19(13,2)21(15,23)17(26)10-20(16,3)22(12,28)18(27)11-24;/h6-7,9,12,15-17,26,28H,4-5,8,10-11,24H2,1-3H3;1H/t12-,15+,16+,17+,19?,20+,21+,22+;/m1./s1. The van der Waals surface area contributed by atoms with Gasteiger partial charge in [0.25, 0.3) is 0 Å². The van der Waals surface area contributed by atoms with Crippen molar-refractivity contribution < 1.29 is 24.2 Å². The molecule has 4 aliphatic rings. The molecule has 0 aliphatic heterocycles. The Morgan fingerprint density at radius 3 is 2.62 bits per heavy atom. The molecule has 5 nitrogen and oxygen atoms in total. The van der Waals surface area contributed by atoms with Gasteiger partial charge in [-0.05, 0) is 56.6 Å². The topological polar surface area (TPSA) is 101 Å². The zero-order valence-corrected chi connectivity index (χ0v) is 18.0. The Balaban J connectivity index is 0.00000240. The molecule has 0 aromatic heterocycles. The highest BCUT2D eigenvalue weighted by atomic mass is 35.5. The second kappa shape index (κ2) is 6.71. The van der Waals surface area contributed by atoms with Gasteiger partial charge < -0.3 is 15.9 Å². The Morgan fingerprint density at radius 1 is 1.34 bits per heavy atom. The summed E-state index contributed by atoms with van der Waals surface area (Å²) in [5.41, 5.74) is 0.711. The van der Waals surface area contributed by atoms with Gasteiger partial charge in [0.1, 0.15) is 5.60 Å². The Hall–Kier alpha value is -1.08. The second-order valence-electron chi connectivity index (χ2n) is 9.80. The molecule has 4 rings (SSSR count). The van der Waals surface area contributed by atoms with Gasteiger partial charge in [0, 0.05) is 16.7 Å². The van der Waals surface area contributed by atoms with Gasteiger partial charge in [-0.15, -0.1) is 12.4 Å². The van der Waals surface area contributed by atoms with Gasteiger partial charge in [0.2, 0.25) is 0 Å². The minimum Gasteiger partial charge on any atom is -0.390 e. The van der Waals surface area contributed by atoms with Gasteiger partial charge in [-0.25, -0.2) is 4.39 Å². The van der Waals surface area contributed by atoms with Gasteiger partial charge in [-0.2, -0.15) is 0 Å². The third kappa shape index (κ3) is 2.43. The molecule has 3 saturated carbocycles. The quantitative estimate of drug-likeness (QED) is 0.627. The number of carbonyl (C=O) groups is 2. The van der Waals surface area contributed by atoms with Crippen LogP contribution in [0.25, 0.3) is 0 Å². The molecule has 0 radical (unpaired) electrons. The first-order valence-electron chi connectivity index (χ1n) is 10.2. The van der Waals surface area contributed by atoms with Gasteiger partial charge in [-0.3, -0.25) is 9.59 Å². The maximum atomic E-state index is 16.9. The summed E-state index contributed by atoms with van der Waals surface area (Å²) in [6.07, 6.45) is 4.70. The highest BCUT2D eigenvalue weighted by Gasteiger charge is 2.75. The summed E-state index contributed by atoms with van der Waals surface area (Å²) in [6, 6.07) is 0. The van der Waals surface area contributed by atoms with Crippen LogP contribution in [0.3, 0.4) is 0 Å². The molecule has 0 amide bonds. The number of alkyl halides is 1. The van der Waals surface area contributed by atoms with Gasteiger partial charge in [0.15, 0.2) is 17.2 Å². The summed E-state index contributed by atoms with van der Waals surface area (Å²) in [7, 11) is 0. The molecule has 4 N–H and O–H groups in total. The third-order valence-electron chi connectivity index (χ3n) is 8.83. The molecule has 0 aromatic carbocycles. The van der Waals surface area contributed by atoms with E-state index in [2.05, 4.69) is 0 Å². The molecule has 7 heteroatoms. The van der Waals surface area contributed by atoms with E-state index in [0.29, 0.717) is 19.3 Å². The van der Waals surface area contributed by atoms with Crippen LogP contribution in [-0.4, -0.2) is 45.7 Å². The molecule has 29 heavy (non-hydrogen) atoms. The first-order chi connectivity index (χ1) is 13.0. The van der Waals surface area contributed by atoms with Crippen LogP contribution in [0, 0.1) is 28.6 Å². The van der Waals surface area contributed by atoms with E-state index >= 15 is 4.39 Å². The molecule has 0 bridgehead atoms. The first kappa shape index (κ1) is 22.6.